The molecule has 0 atom stereocenters. The molecule has 0 bridgehead atoms. The van der Waals surface area contributed by atoms with Gasteiger partial charge < -0.3 is 10.5 Å². The second-order valence-electron chi connectivity index (χ2n) is 3.88. The van der Waals surface area contributed by atoms with Crippen LogP contribution < -0.4 is 10.5 Å². The van der Waals surface area contributed by atoms with Crippen LogP contribution in [0.5, 0.6) is 11.6 Å². The highest BCUT2D eigenvalue weighted by molar-refractivity contribution is 6.34. The van der Waals surface area contributed by atoms with Crippen molar-refractivity contribution in [1.29, 1.82) is 5.41 Å². The highest BCUT2D eigenvalue weighted by Gasteiger charge is 2.13. The van der Waals surface area contributed by atoms with E-state index < -0.39 is 0 Å². The van der Waals surface area contributed by atoms with Crippen LogP contribution in [0.15, 0.2) is 24.3 Å². The number of nitrogens with zero attached hydrogens (tertiary/aromatic N) is 2. The number of nitrogens with two attached hydrogens (primary N) is 1. The summed E-state index contributed by atoms with van der Waals surface area (Å²) in [7, 11) is 1.78. The number of nitrogen functional groups attached to an aromatic ring is 1. The Morgan fingerprint density at radius 3 is 2.78 bits per heavy atom. The van der Waals surface area contributed by atoms with Crippen LogP contribution in [0.1, 0.15) is 11.3 Å². The minimum Gasteiger partial charge on any atom is -0.438 e. The van der Waals surface area contributed by atoms with Gasteiger partial charge in [0.05, 0.1) is 16.3 Å². The molecule has 6 heteroatoms. The normalized spacial score (nSPS) is 10.4. The topological polar surface area (TPSA) is 76.9 Å². The van der Waals surface area contributed by atoms with E-state index in [2.05, 4.69) is 5.10 Å². The SMILES string of the molecule is Cc1cc(Oc2cccc(Cl)c2C(=N)N)n(C)n1. The van der Waals surface area contributed by atoms with Crippen molar-refractivity contribution < 1.29 is 4.74 Å². The average molecular weight is 265 g/mol. The molecule has 0 aliphatic heterocycles. The van der Waals surface area contributed by atoms with Gasteiger partial charge in [-0.2, -0.15) is 5.10 Å². The molecule has 0 unspecified atom stereocenters. The highest BCUT2D eigenvalue weighted by Crippen LogP contribution is 2.30. The van der Waals surface area contributed by atoms with Gasteiger partial charge in [-0.3, -0.25) is 5.41 Å². The smallest absolute Gasteiger partial charge is 0.217 e. The third-order valence-corrected chi connectivity index (χ3v) is 2.73. The van der Waals surface area contributed by atoms with Gasteiger partial charge in [-0.25, -0.2) is 4.68 Å². The van der Waals surface area contributed by atoms with E-state index in [1.807, 2.05) is 6.92 Å². The second-order valence-corrected chi connectivity index (χ2v) is 4.28. The Kier molecular flexibility index (Phi) is 3.25. The molecule has 1 aromatic heterocycles. The maximum atomic E-state index is 7.53. The van der Waals surface area contributed by atoms with Crippen LogP contribution in [-0.4, -0.2) is 15.6 Å². The molecule has 0 amide bonds. The monoisotopic (exact) mass is 264 g/mol. The van der Waals surface area contributed by atoms with E-state index in [1.165, 1.54) is 0 Å². The minimum atomic E-state index is -0.130. The Balaban J connectivity index is 2.43. The zero-order chi connectivity index (χ0) is 13.3. The van der Waals surface area contributed by atoms with Crippen LogP contribution in [0.2, 0.25) is 5.02 Å². The molecule has 1 aromatic carbocycles. The van der Waals surface area contributed by atoms with Gasteiger partial charge in [0.1, 0.15) is 11.6 Å². The van der Waals surface area contributed by atoms with E-state index in [1.54, 1.807) is 36.0 Å². The maximum Gasteiger partial charge on any atom is 0.217 e. The number of amidine groups is 1. The fourth-order valence-corrected chi connectivity index (χ4v) is 1.91. The Labute approximate surface area is 110 Å². The number of halogens is 1. The highest BCUT2D eigenvalue weighted by atomic mass is 35.5. The molecule has 0 aliphatic rings. The molecule has 0 aliphatic carbocycles. The lowest BCUT2D eigenvalue weighted by molar-refractivity contribution is 0.430. The lowest BCUT2D eigenvalue weighted by Gasteiger charge is -2.11. The first kappa shape index (κ1) is 12.4. The van der Waals surface area contributed by atoms with Crippen molar-refractivity contribution in [3.8, 4) is 11.6 Å². The van der Waals surface area contributed by atoms with Crippen LogP contribution in [0.4, 0.5) is 0 Å². The van der Waals surface area contributed by atoms with Crippen molar-refractivity contribution in [2.24, 2.45) is 12.8 Å². The predicted molar refractivity (Wildman–Crippen MR) is 70.5 cm³/mol. The first-order valence-electron chi connectivity index (χ1n) is 5.30. The van der Waals surface area contributed by atoms with E-state index >= 15 is 0 Å². The van der Waals surface area contributed by atoms with Crippen molar-refractivity contribution in [2.45, 2.75) is 6.92 Å². The molecule has 0 saturated carbocycles. The molecular weight excluding hydrogens is 252 g/mol. The van der Waals surface area contributed by atoms with E-state index in [0.717, 1.165) is 5.69 Å². The largest absolute Gasteiger partial charge is 0.438 e. The summed E-state index contributed by atoms with van der Waals surface area (Å²) in [6.07, 6.45) is 0. The number of benzene rings is 1. The van der Waals surface area contributed by atoms with Crippen molar-refractivity contribution in [2.75, 3.05) is 0 Å². The second kappa shape index (κ2) is 4.70. The first-order chi connectivity index (χ1) is 8.49. The van der Waals surface area contributed by atoms with Crippen LogP contribution in [0, 0.1) is 12.3 Å². The Bertz CT molecular complexity index is 606. The first-order valence-corrected chi connectivity index (χ1v) is 5.68. The summed E-state index contributed by atoms with van der Waals surface area (Å²) in [6, 6.07) is 6.92. The van der Waals surface area contributed by atoms with Gasteiger partial charge in [-0.05, 0) is 19.1 Å². The van der Waals surface area contributed by atoms with E-state index in [0.29, 0.717) is 22.2 Å². The molecule has 94 valence electrons. The Morgan fingerprint density at radius 2 is 2.22 bits per heavy atom. The third-order valence-electron chi connectivity index (χ3n) is 2.42. The van der Waals surface area contributed by atoms with Crippen molar-refractivity contribution in [1.82, 2.24) is 9.78 Å². The Hall–Kier alpha value is -2.01. The lowest BCUT2D eigenvalue weighted by atomic mass is 10.2. The van der Waals surface area contributed by atoms with E-state index in [9.17, 15) is 0 Å². The molecule has 2 rings (SSSR count). The average Bonchev–Trinajstić information content (AvgIpc) is 2.57. The molecule has 3 N–H and O–H groups in total. The summed E-state index contributed by atoms with van der Waals surface area (Å²) in [5.74, 6) is 0.879. The van der Waals surface area contributed by atoms with Gasteiger partial charge in [-0.1, -0.05) is 17.7 Å². The predicted octanol–water partition coefficient (Wildman–Crippen LogP) is 2.46. The molecule has 0 saturated heterocycles. The molecule has 5 nitrogen and oxygen atoms in total. The summed E-state index contributed by atoms with van der Waals surface area (Å²) in [4.78, 5) is 0. The summed E-state index contributed by atoms with van der Waals surface area (Å²) in [5.41, 5.74) is 6.74. The van der Waals surface area contributed by atoms with Crippen LogP contribution in [-0.2, 0) is 7.05 Å². The van der Waals surface area contributed by atoms with E-state index in [4.69, 9.17) is 27.5 Å². The third kappa shape index (κ3) is 2.31. The zero-order valence-corrected chi connectivity index (χ0v) is 10.8. The number of ether oxygens (including phenoxy) is 1. The summed E-state index contributed by atoms with van der Waals surface area (Å²) in [5, 5.41) is 12.1. The van der Waals surface area contributed by atoms with Crippen LogP contribution in [0.25, 0.3) is 0 Å². The van der Waals surface area contributed by atoms with Crippen molar-refractivity contribution in [3.05, 3.63) is 40.5 Å². The van der Waals surface area contributed by atoms with Gasteiger partial charge in [0.25, 0.3) is 0 Å². The number of hydrogen-bond acceptors (Lipinski definition) is 3. The summed E-state index contributed by atoms with van der Waals surface area (Å²) in [6.45, 7) is 1.87. The van der Waals surface area contributed by atoms with Gasteiger partial charge in [0.15, 0.2) is 0 Å². The number of aromatic nitrogens is 2. The molecular formula is C12H13ClN4O. The molecule has 18 heavy (non-hydrogen) atoms. The van der Waals surface area contributed by atoms with Crippen molar-refractivity contribution >= 4 is 17.4 Å². The molecule has 0 radical (unpaired) electrons. The van der Waals surface area contributed by atoms with Crippen LogP contribution >= 0.6 is 11.6 Å². The Morgan fingerprint density at radius 1 is 1.50 bits per heavy atom. The molecule has 1 heterocycles. The van der Waals surface area contributed by atoms with Crippen LogP contribution in [0.3, 0.4) is 0 Å². The van der Waals surface area contributed by atoms with Crippen molar-refractivity contribution in [3.63, 3.8) is 0 Å². The number of nitrogens with one attached hydrogen (secondary N) is 1. The van der Waals surface area contributed by atoms with Gasteiger partial charge in [0, 0.05) is 13.1 Å². The van der Waals surface area contributed by atoms with E-state index in [-0.39, 0.29) is 5.84 Å². The maximum absolute atomic E-state index is 7.53. The minimum absolute atomic E-state index is 0.130. The lowest BCUT2D eigenvalue weighted by Crippen LogP contribution is -2.13. The van der Waals surface area contributed by atoms with Gasteiger partial charge in [-0.15, -0.1) is 0 Å². The van der Waals surface area contributed by atoms with Gasteiger partial charge >= 0.3 is 0 Å². The fourth-order valence-electron chi connectivity index (χ4n) is 1.65. The number of rotatable bonds is 3. The van der Waals surface area contributed by atoms with Gasteiger partial charge in [0.2, 0.25) is 5.88 Å². The standard InChI is InChI=1S/C12H13ClN4O/c1-7-6-10(17(2)16-7)18-9-5-3-4-8(13)11(9)12(14)15/h3-6H,1-2H3,(H3,14,15). The molecule has 0 spiro atoms. The quantitative estimate of drug-likeness (QED) is 0.660. The number of hydrogen-bond donors (Lipinski definition) is 2. The number of aryl methyl sites for hydroxylation is 2. The zero-order valence-electron chi connectivity index (χ0n) is 10.1. The molecule has 0 fully saturated rings. The molecule has 2 aromatic rings. The summed E-state index contributed by atoms with van der Waals surface area (Å²) < 4.78 is 7.31. The fraction of sp³-hybridized carbons (Fsp3) is 0.167. The summed E-state index contributed by atoms with van der Waals surface area (Å²) >= 11 is 6.01.